The van der Waals surface area contributed by atoms with Gasteiger partial charge in [0.05, 0.1) is 26.9 Å². The number of rotatable bonds is 4. The lowest BCUT2D eigenvalue weighted by Gasteiger charge is -2.11. The highest BCUT2D eigenvalue weighted by atomic mass is 32.1. The predicted octanol–water partition coefficient (Wildman–Crippen LogP) is 14.0. The number of fused-ring (bicyclic) bond motifs is 11. The van der Waals surface area contributed by atoms with Gasteiger partial charge >= 0.3 is 0 Å². The Morgan fingerprint density at radius 3 is 2.05 bits per heavy atom. The summed E-state index contributed by atoms with van der Waals surface area (Å²) in [5.74, 6) is 0.684. The van der Waals surface area contributed by atoms with E-state index in [1.165, 1.54) is 26.6 Å². The Morgan fingerprint density at radius 2 is 1.20 bits per heavy atom. The molecule has 0 unspecified atom stereocenters. The second-order valence-electron chi connectivity index (χ2n) is 14.1. The largest absolute Gasteiger partial charge is 0.455 e. The van der Waals surface area contributed by atoms with Crippen LogP contribution in [0, 0.1) is 0 Å². The van der Waals surface area contributed by atoms with Gasteiger partial charge < -0.3 is 8.98 Å². The van der Waals surface area contributed by atoms with Gasteiger partial charge in [0.25, 0.3) is 0 Å². The van der Waals surface area contributed by atoms with Crippen LogP contribution in [0.1, 0.15) is 0 Å². The van der Waals surface area contributed by atoms with Gasteiger partial charge in [0.15, 0.2) is 5.82 Å². The van der Waals surface area contributed by atoms with Crippen LogP contribution in [0.4, 0.5) is 0 Å². The van der Waals surface area contributed by atoms with Gasteiger partial charge in [0.2, 0.25) is 0 Å². The van der Waals surface area contributed by atoms with Crippen LogP contribution < -0.4 is 0 Å². The van der Waals surface area contributed by atoms with Crippen LogP contribution in [-0.2, 0) is 0 Å². The molecule has 4 aromatic heterocycles. The number of nitrogens with zero attached hydrogens (tertiary/aromatic N) is 3. The van der Waals surface area contributed by atoms with Crippen molar-refractivity contribution in [3.63, 3.8) is 0 Å². The van der Waals surface area contributed by atoms with Gasteiger partial charge in [-0.05, 0) is 65.0 Å². The second kappa shape index (κ2) is 11.7. The number of hydrogen-bond acceptors (Lipinski definition) is 4. The summed E-state index contributed by atoms with van der Waals surface area (Å²) in [5, 5.41) is 7.77. The number of aromatic nitrogens is 3. The van der Waals surface area contributed by atoms with E-state index in [4.69, 9.17) is 14.4 Å². The molecule has 0 spiro atoms. The van der Waals surface area contributed by atoms with Crippen LogP contribution in [0.5, 0.6) is 0 Å². The minimum atomic E-state index is 0.684. The topological polar surface area (TPSA) is 43.9 Å². The standard InChI is InChI=1S/C50H29N3OS/c1-3-13-30(14-4-1)32-23-25-42-38(27-32)36-19-9-11-21-41(36)53(42)34-24-26-43-39(29-34)45-40(28-33-17-7-8-18-35(33)48(45)54-43)50-51-46(31-15-5-2-6-16-31)49-47(52-50)37-20-10-12-22-44(37)55-49/h1-29H. The van der Waals surface area contributed by atoms with Crippen LogP contribution in [0.2, 0.25) is 0 Å². The van der Waals surface area contributed by atoms with Crippen molar-refractivity contribution < 1.29 is 4.42 Å². The molecule has 0 saturated heterocycles. The molecule has 0 saturated carbocycles. The average Bonchev–Trinajstić information content (AvgIpc) is 3.93. The van der Waals surface area contributed by atoms with E-state index in [9.17, 15) is 0 Å². The fourth-order valence-electron chi connectivity index (χ4n) is 8.48. The Morgan fingerprint density at radius 1 is 0.491 bits per heavy atom. The molecule has 0 amide bonds. The second-order valence-corrected chi connectivity index (χ2v) is 15.2. The Labute approximate surface area is 319 Å². The van der Waals surface area contributed by atoms with Crippen LogP contribution in [0.25, 0.3) is 114 Å². The van der Waals surface area contributed by atoms with Crippen molar-refractivity contribution in [2.45, 2.75) is 0 Å². The maximum atomic E-state index is 6.83. The molecule has 55 heavy (non-hydrogen) atoms. The Hall–Kier alpha value is -7.08. The van der Waals surface area contributed by atoms with Gasteiger partial charge in [0, 0.05) is 53.8 Å². The molecule has 256 valence electrons. The van der Waals surface area contributed by atoms with Gasteiger partial charge in [-0.15, -0.1) is 11.3 Å². The van der Waals surface area contributed by atoms with Crippen molar-refractivity contribution in [2.75, 3.05) is 0 Å². The summed E-state index contributed by atoms with van der Waals surface area (Å²) >= 11 is 1.75. The summed E-state index contributed by atoms with van der Waals surface area (Å²) in [6, 6.07) is 62.4. The van der Waals surface area contributed by atoms with E-state index in [0.29, 0.717) is 5.82 Å². The minimum absolute atomic E-state index is 0.684. The summed E-state index contributed by atoms with van der Waals surface area (Å²) in [7, 11) is 0. The quantitative estimate of drug-likeness (QED) is 0.182. The van der Waals surface area contributed by atoms with Gasteiger partial charge in [-0.2, -0.15) is 0 Å². The molecule has 8 aromatic carbocycles. The lowest BCUT2D eigenvalue weighted by molar-refractivity contribution is 0.672. The van der Waals surface area contributed by atoms with E-state index in [2.05, 4.69) is 180 Å². The highest BCUT2D eigenvalue weighted by Crippen LogP contribution is 2.45. The van der Waals surface area contributed by atoms with Crippen molar-refractivity contribution in [1.29, 1.82) is 0 Å². The fourth-order valence-corrected chi connectivity index (χ4v) is 9.63. The van der Waals surface area contributed by atoms with Crippen molar-refractivity contribution in [1.82, 2.24) is 14.5 Å². The molecule has 5 heteroatoms. The van der Waals surface area contributed by atoms with E-state index in [1.807, 2.05) is 0 Å². The minimum Gasteiger partial charge on any atom is -0.455 e. The molecule has 4 nitrogen and oxygen atoms in total. The third kappa shape index (κ3) is 4.57. The monoisotopic (exact) mass is 719 g/mol. The Bertz CT molecular complexity index is 3490. The first-order chi connectivity index (χ1) is 27.3. The first-order valence-corrected chi connectivity index (χ1v) is 19.3. The summed E-state index contributed by atoms with van der Waals surface area (Å²) < 4.78 is 11.5. The maximum Gasteiger partial charge on any atom is 0.161 e. The van der Waals surface area contributed by atoms with Crippen molar-refractivity contribution >= 4 is 86.2 Å². The highest BCUT2D eigenvalue weighted by Gasteiger charge is 2.23. The van der Waals surface area contributed by atoms with Gasteiger partial charge in [-0.1, -0.05) is 127 Å². The van der Waals surface area contributed by atoms with E-state index in [1.54, 1.807) is 11.3 Å². The lowest BCUT2D eigenvalue weighted by Crippen LogP contribution is -1.95. The first kappa shape index (κ1) is 30.4. The zero-order chi connectivity index (χ0) is 36.0. The average molecular weight is 720 g/mol. The van der Waals surface area contributed by atoms with E-state index < -0.39 is 0 Å². The highest BCUT2D eigenvalue weighted by molar-refractivity contribution is 7.26. The molecule has 0 aliphatic carbocycles. The molecule has 0 N–H and O–H groups in total. The van der Waals surface area contributed by atoms with E-state index in [0.717, 1.165) is 81.9 Å². The Kier molecular flexibility index (Phi) is 6.47. The molecule has 0 bridgehead atoms. The third-order valence-electron chi connectivity index (χ3n) is 11.0. The summed E-state index contributed by atoms with van der Waals surface area (Å²) in [4.78, 5) is 10.8. The van der Waals surface area contributed by atoms with Gasteiger partial charge in [-0.3, -0.25) is 0 Å². The van der Waals surface area contributed by atoms with Crippen LogP contribution in [-0.4, -0.2) is 14.5 Å². The van der Waals surface area contributed by atoms with Crippen molar-refractivity contribution in [2.24, 2.45) is 0 Å². The zero-order valence-corrected chi connectivity index (χ0v) is 30.2. The number of thiophene rings is 1. The van der Waals surface area contributed by atoms with Gasteiger partial charge in [-0.25, -0.2) is 9.97 Å². The first-order valence-electron chi connectivity index (χ1n) is 18.5. The third-order valence-corrected chi connectivity index (χ3v) is 12.2. The number of hydrogen-bond donors (Lipinski definition) is 0. The molecule has 4 heterocycles. The van der Waals surface area contributed by atoms with Gasteiger partial charge in [0.1, 0.15) is 11.2 Å². The molecule has 0 fully saturated rings. The molecule has 12 rings (SSSR count). The number of para-hydroxylation sites is 1. The van der Waals surface area contributed by atoms with Crippen LogP contribution >= 0.6 is 11.3 Å². The van der Waals surface area contributed by atoms with Crippen LogP contribution in [0.3, 0.4) is 0 Å². The number of furan rings is 1. The van der Waals surface area contributed by atoms with E-state index in [-0.39, 0.29) is 0 Å². The SMILES string of the molecule is c1ccc(-c2ccc3c(c2)c2ccccc2n3-c2ccc3oc4c5ccccc5cc(-c5nc(-c6ccccc6)c6sc7ccccc7c6n5)c4c3c2)cc1. The summed E-state index contributed by atoms with van der Waals surface area (Å²) in [6.45, 7) is 0. The normalized spacial score (nSPS) is 12.0. The molecule has 0 atom stereocenters. The molecular formula is C50H29N3OS. The molecule has 0 aliphatic rings. The maximum absolute atomic E-state index is 6.83. The van der Waals surface area contributed by atoms with Crippen molar-refractivity contribution in [3.05, 3.63) is 176 Å². The lowest BCUT2D eigenvalue weighted by atomic mass is 9.99. The zero-order valence-electron chi connectivity index (χ0n) is 29.4. The Balaban J connectivity index is 1.15. The molecule has 12 aromatic rings. The van der Waals surface area contributed by atoms with Crippen LogP contribution in [0.15, 0.2) is 180 Å². The molecular weight excluding hydrogens is 691 g/mol. The summed E-state index contributed by atoms with van der Waals surface area (Å²) in [5.41, 5.74) is 11.4. The predicted molar refractivity (Wildman–Crippen MR) is 230 cm³/mol. The molecule has 0 aliphatic heterocycles. The number of benzene rings is 8. The van der Waals surface area contributed by atoms with E-state index >= 15 is 0 Å². The smallest absolute Gasteiger partial charge is 0.161 e. The van der Waals surface area contributed by atoms with Crippen molar-refractivity contribution in [3.8, 4) is 39.5 Å². The summed E-state index contributed by atoms with van der Waals surface area (Å²) in [6.07, 6.45) is 0. The molecule has 0 radical (unpaired) electrons. The fraction of sp³-hybridized carbons (Fsp3) is 0.